The molecule has 0 bridgehead atoms. The summed E-state index contributed by atoms with van der Waals surface area (Å²) in [7, 11) is 0. The smallest absolute Gasteiger partial charge is 0.324 e. The highest BCUT2D eigenvalue weighted by atomic mass is 32.1. The first-order chi connectivity index (χ1) is 11.3. The quantitative estimate of drug-likeness (QED) is 0.814. The third-order valence-corrected chi connectivity index (χ3v) is 5.88. The van der Waals surface area contributed by atoms with Gasteiger partial charge in [-0.15, -0.1) is 11.3 Å². The van der Waals surface area contributed by atoms with Crippen molar-refractivity contribution in [2.75, 3.05) is 11.9 Å². The van der Waals surface area contributed by atoms with Crippen LogP contribution in [0.25, 0.3) is 0 Å². The molecule has 1 saturated heterocycles. The van der Waals surface area contributed by atoms with E-state index in [1.807, 2.05) is 17.2 Å². The van der Waals surface area contributed by atoms with Crippen LogP contribution in [0.1, 0.15) is 54.4 Å². The summed E-state index contributed by atoms with van der Waals surface area (Å²) in [6.45, 7) is 0.806. The minimum atomic E-state index is -0.0222. The van der Waals surface area contributed by atoms with Crippen molar-refractivity contribution in [1.82, 2.24) is 14.9 Å². The topological polar surface area (TPSA) is 61.0 Å². The average molecular weight is 330 g/mol. The molecule has 0 aromatic carbocycles. The predicted octanol–water partition coefficient (Wildman–Crippen LogP) is 4.11. The SMILES string of the molecule is O=C(Nc1nc2c(s1)CCCCC2)N1CCCC1c1ccc[nH]1. The fourth-order valence-electron chi connectivity index (χ4n) is 3.63. The number of H-pyrrole nitrogens is 1. The number of aryl methyl sites for hydroxylation is 2. The number of nitrogens with one attached hydrogen (secondary N) is 2. The third kappa shape index (κ3) is 3.00. The molecule has 1 fully saturated rings. The lowest BCUT2D eigenvalue weighted by molar-refractivity contribution is 0.206. The van der Waals surface area contributed by atoms with Crippen molar-refractivity contribution in [3.63, 3.8) is 0 Å². The molecule has 1 atom stereocenters. The molecule has 0 radical (unpaired) electrons. The van der Waals surface area contributed by atoms with Gasteiger partial charge in [0.15, 0.2) is 5.13 Å². The number of urea groups is 1. The zero-order valence-electron chi connectivity index (χ0n) is 13.2. The number of hydrogen-bond acceptors (Lipinski definition) is 3. The molecule has 3 heterocycles. The lowest BCUT2D eigenvalue weighted by Crippen LogP contribution is -2.34. The average Bonchev–Trinajstić information content (AvgIpc) is 3.25. The van der Waals surface area contributed by atoms with Crippen LogP contribution in [0.4, 0.5) is 9.93 Å². The third-order valence-electron chi connectivity index (χ3n) is 4.80. The number of hydrogen-bond donors (Lipinski definition) is 2. The van der Waals surface area contributed by atoms with Crippen LogP contribution in [-0.4, -0.2) is 27.4 Å². The van der Waals surface area contributed by atoms with Crippen LogP contribution in [0.5, 0.6) is 0 Å². The highest BCUT2D eigenvalue weighted by molar-refractivity contribution is 7.15. The number of rotatable bonds is 2. The van der Waals surface area contributed by atoms with Crippen LogP contribution in [0.2, 0.25) is 0 Å². The highest BCUT2D eigenvalue weighted by Crippen LogP contribution is 2.33. The van der Waals surface area contributed by atoms with Crippen molar-refractivity contribution in [2.45, 2.75) is 51.0 Å². The lowest BCUT2D eigenvalue weighted by Gasteiger charge is -2.23. The lowest BCUT2D eigenvalue weighted by atomic mass is 10.1. The van der Waals surface area contributed by atoms with E-state index in [1.54, 1.807) is 11.3 Å². The van der Waals surface area contributed by atoms with Crippen molar-refractivity contribution in [3.05, 3.63) is 34.6 Å². The zero-order chi connectivity index (χ0) is 15.6. The van der Waals surface area contributed by atoms with E-state index in [0.717, 1.165) is 43.1 Å². The van der Waals surface area contributed by atoms with Gasteiger partial charge < -0.3 is 9.88 Å². The van der Waals surface area contributed by atoms with Crippen LogP contribution in [0, 0.1) is 0 Å². The molecule has 1 aliphatic heterocycles. The standard InChI is InChI=1S/C17H22N4OS/c22-17(21-11-5-8-14(21)12-7-4-10-18-12)20-16-19-13-6-2-1-3-9-15(13)23-16/h4,7,10,14,18H,1-3,5-6,8-9,11H2,(H,19,20,22). The van der Waals surface area contributed by atoms with E-state index in [4.69, 9.17) is 0 Å². The number of likely N-dealkylation sites (tertiary alicyclic amines) is 1. The molecular weight excluding hydrogens is 308 g/mol. The number of thiazole rings is 1. The van der Waals surface area contributed by atoms with Gasteiger partial charge in [0.1, 0.15) is 0 Å². The van der Waals surface area contributed by atoms with Gasteiger partial charge in [0.05, 0.1) is 11.7 Å². The predicted molar refractivity (Wildman–Crippen MR) is 91.9 cm³/mol. The Labute approximate surface area is 140 Å². The summed E-state index contributed by atoms with van der Waals surface area (Å²) >= 11 is 1.66. The second kappa shape index (κ2) is 6.35. The van der Waals surface area contributed by atoms with Crippen molar-refractivity contribution in [3.8, 4) is 0 Å². The Kier molecular flexibility index (Phi) is 4.08. The molecule has 2 N–H and O–H groups in total. The molecule has 122 valence electrons. The van der Waals surface area contributed by atoms with Gasteiger partial charge in [0.25, 0.3) is 0 Å². The number of carbonyl (C=O) groups is 1. The Bertz CT molecular complexity index is 655. The molecule has 23 heavy (non-hydrogen) atoms. The molecule has 0 spiro atoms. The number of anilines is 1. The molecule has 4 rings (SSSR count). The van der Waals surface area contributed by atoms with Gasteiger partial charge in [-0.2, -0.15) is 0 Å². The van der Waals surface area contributed by atoms with Gasteiger partial charge in [0, 0.05) is 23.3 Å². The molecule has 2 amide bonds. The summed E-state index contributed by atoms with van der Waals surface area (Å²) in [6, 6.07) is 4.18. The molecule has 2 aliphatic rings. The van der Waals surface area contributed by atoms with Crippen molar-refractivity contribution in [2.24, 2.45) is 0 Å². The maximum Gasteiger partial charge on any atom is 0.324 e. The van der Waals surface area contributed by atoms with E-state index in [1.165, 1.54) is 29.8 Å². The molecule has 5 nitrogen and oxygen atoms in total. The number of aromatic nitrogens is 2. The summed E-state index contributed by atoms with van der Waals surface area (Å²) in [6.07, 6.45) is 9.88. The molecule has 2 aromatic heterocycles. The first-order valence-electron chi connectivity index (χ1n) is 8.51. The fourth-order valence-corrected chi connectivity index (χ4v) is 4.67. The van der Waals surface area contributed by atoms with E-state index >= 15 is 0 Å². The molecule has 0 saturated carbocycles. The van der Waals surface area contributed by atoms with Crippen LogP contribution in [0.15, 0.2) is 18.3 Å². The van der Waals surface area contributed by atoms with Crippen LogP contribution >= 0.6 is 11.3 Å². The maximum atomic E-state index is 12.7. The summed E-state index contributed by atoms with van der Waals surface area (Å²) < 4.78 is 0. The Hall–Kier alpha value is -1.82. The second-order valence-corrected chi connectivity index (χ2v) is 7.44. The van der Waals surface area contributed by atoms with Gasteiger partial charge in [-0.3, -0.25) is 5.32 Å². The van der Waals surface area contributed by atoms with E-state index in [0.29, 0.717) is 0 Å². The first kappa shape index (κ1) is 14.8. The summed E-state index contributed by atoms with van der Waals surface area (Å²) in [5, 5.41) is 3.80. The number of aromatic amines is 1. The number of carbonyl (C=O) groups excluding carboxylic acids is 1. The molecule has 1 aliphatic carbocycles. The van der Waals surface area contributed by atoms with Crippen molar-refractivity contribution >= 4 is 22.5 Å². The highest BCUT2D eigenvalue weighted by Gasteiger charge is 2.31. The Morgan fingerprint density at radius 1 is 1.30 bits per heavy atom. The molecule has 6 heteroatoms. The normalized spacial score (nSPS) is 21.0. The first-order valence-corrected chi connectivity index (χ1v) is 9.32. The van der Waals surface area contributed by atoms with Gasteiger partial charge in [-0.1, -0.05) is 6.42 Å². The summed E-state index contributed by atoms with van der Waals surface area (Å²) in [4.78, 5) is 23.9. The number of fused-ring (bicyclic) bond motifs is 1. The van der Waals surface area contributed by atoms with Crippen LogP contribution < -0.4 is 5.32 Å². The molecular formula is C17H22N4OS. The van der Waals surface area contributed by atoms with E-state index in [-0.39, 0.29) is 12.1 Å². The Balaban J connectivity index is 1.47. The largest absolute Gasteiger partial charge is 0.363 e. The van der Waals surface area contributed by atoms with Crippen molar-refractivity contribution in [1.29, 1.82) is 0 Å². The monoisotopic (exact) mass is 330 g/mol. The van der Waals surface area contributed by atoms with Crippen LogP contribution in [0.3, 0.4) is 0 Å². The van der Waals surface area contributed by atoms with Gasteiger partial charge in [0.2, 0.25) is 0 Å². The number of nitrogens with zero attached hydrogens (tertiary/aromatic N) is 2. The van der Waals surface area contributed by atoms with E-state index < -0.39 is 0 Å². The van der Waals surface area contributed by atoms with Crippen molar-refractivity contribution < 1.29 is 4.79 Å². The van der Waals surface area contributed by atoms with E-state index in [2.05, 4.69) is 21.4 Å². The number of amides is 2. The fraction of sp³-hybridized carbons (Fsp3) is 0.529. The van der Waals surface area contributed by atoms with Gasteiger partial charge >= 0.3 is 6.03 Å². The molecule has 1 unspecified atom stereocenters. The minimum absolute atomic E-state index is 0.0222. The summed E-state index contributed by atoms with van der Waals surface area (Å²) in [5.41, 5.74) is 2.32. The van der Waals surface area contributed by atoms with Gasteiger partial charge in [-0.25, -0.2) is 9.78 Å². The minimum Gasteiger partial charge on any atom is -0.363 e. The van der Waals surface area contributed by atoms with Crippen LogP contribution in [-0.2, 0) is 12.8 Å². The molecule has 2 aromatic rings. The maximum absolute atomic E-state index is 12.7. The van der Waals surface area contributed by atoms with Gasteiger partial charge in [-0.05, 0) is 50.7 Å². The second-order valence-electron chi connectivity index (χ2n) is 6.36. The summed E-state index contributed by atoms with van der Waals surface area (Å²) in [5.74, 6) is 0. The Morgan fingerprint density at radius 3 is 3.09 bits per heavy atom. The Morgan fingerprint density at radius 2 is 2.22 bits per heavy atom. The van der Waals surface area contributed by atoms with E-state index in [9.17, 15) is 4.79 Å². The zero-order valence-corrected chi connectivity index (χ0v) is 14.0.